The second-order valence-corrected chi connectivity index (χ2v) is 4.62. The molecule has 0 spiro atoms. The lowest BCUT2D eigenvalue weighted by atomic mass is 9.95. The maximum absolute atomic E-state index is 12.5. The smallest absolute Gasteiger partial charge is 0.416 e. The highest BCUT2D eigenvalue weighted by molar-refractivity contribution is 5.97. The largest absolute Gasteiger partial charge is 0.456 e. The third kappa shape index (κ3) is 2.32. The van der Waals surface area contributed by atoms with Crippen molar-refractivity contribution in [2.45, 2.75) is 12.2 Å². The molecule has 2 heterocycles. The molecule has 0 unspecified atom stereocenters. The Bertz CT molecular complexity index is 650. The molecule has 0 bridgehead atoms. The molecule has 2 aliphatic rings. The predicted octanol–water partition coefficient (Wildman–Crippen LogP) is 1.87. The summed E-state index contributed by atoms with van der Waals surface area (Å²) >= 11 is 0. The fourth-order valence-corrected chi connectivity index (χ4v) is 2.30. The lowest BCUT2D eigenvalue weighted by molar-refractivity contribution is -0.138. The molecule has 2 amide bonds. The van der Waals surface area contributed by atoms with Gasteiger partial charge in [0.15, 0.2) is 0 Å². The summed E-state index contributed by atoms with van der Waals surface area (Å²) in [6, 6.07) is 2.93. The number of rotatable bonds is 1. The van der Waals surface area contributed by atoms with Gasteiger partial charge in [-0.05, 0) is 17.7 Å². The number of carbonyl (C=O) groups excluding carboxylic acids is 2. The Labute approximate surface area is 116 Å². The van der Waals surface area contributed by atoms with Gasteiger partial charge in [-0.3, -0.25) is 0 Å². The van der Waals surface area contributed by atoms with Crippen molar-refractivity contribution in [2.75, 3.05) is 6.61 Å². The van der Waals surface area contributed by atoms with E-state index in [1.807, 2.05) is 0 Å². The zero-order valence-electron chi connectivity index (χ0n) is 10.5. The van der Waals surface area contributed by atoms with E-state index >= 15 is 0 Å². The summed E-state index contributed by atoms with van der Waals surface area (Å²) in [7, 11) is 0. The minimum atomic E-state index is -4.44. The summed E-state index contributed by atoms with van der Waals surface area (Å²) in [4.78, 5) is 23.2. The molecule has 8 heteroatoms. The van der Waals surface area contributed by atoms with Crippen LogP contribution < -0.4 is 10.6 Å². The molecule has 3 rings (SSSR count). The predicted molar refractivity (Wildman–Crippen MR) is 63.8 cm³/mol. The van der Waals surface area contributed by atoms with Gasteiger partial charge >= 0.3 is 18.2 Å². The molecule has 2 N–H and O–H groups in total. The van der Waals surface area contributed by atoms with Crippen LogP contribution in [-0.2, 0) is 15.7 Å². The van der Waals surface area contributed by atoms with Gasteiger partial charge in [-0.25, -0.2) is 9.59 Å². The number of hydrogen-bond donors (Lipinski definition) is 2. The van der Waals surface area contributed by atoms with E-state index in [9.17, 15) is 22.8 Å². The van der Waals surface area contributed by atoms with Gasteiger partial charge in [0.05, 0.1) is 22.9 Å². The first-order valence-electron chi connectivity index (χ1n) is 6.01. The van der Waals surface area contributed by atoms with Crippen LogP contribution in [-0.4, -0.2) is 18.6 Å². The second kappa shape index (κ2) is 4.51. The SMILES string of the molecule is O=C1NC2=C(C(=O)OC2)[C@H](c2ccc(C(F)(F)F)cc2)N1. The number of amides is 2. The van der Waals surface area contributed by atoms with E-state index < -0.39 is 29.8 Å². The number of urea groups is 1. The van der Waals surface area contributed by atoms with Crippen LogP contribution in [0.5, 0.6) is 0 Å². The van der Waals surface area contributed by atoms with Gasteiger partial charge in [0.2, 0.25) is 0 Å². The monoisotopic (exact) mass is 298 g/mol. The molecule has 0 aromatic heterocycles. The molecule has 2 aliphatic heterocycles. The van der Waals surface area contributed by atoms with E-state index in [-0.39, 0.29) is 12.2 Å². The van der Waals surface area contributed by atoms with Gasteiger partial charge in [-0.2, -0.15) is 13.2 Å². The molecule has 0 radical (unpaired) electrons. The minimum absolute atomic E-state index is 0.0429. The lowest BCUT2D eigenvalue weighted by Gasteiger charge is -2.24. The number of benzene rings is 1. The summed E-state index contributed by atoms with van der Waals surface area (Å²) in [5.74, 6) is -0.595. The van der Waals surface area contributed by atoms with Crippen LogP contribution in [0.15, 0.2) is 35.5 Å². The Morgan fingerprint density at radius 1 is 1.14 bits per heavy atom. The second-order valence-electron chi connectivity index (χ2n) is 4.62. The van der Waals surface area contributed by atoms with Gasteiger partial charge in [0, 0.05) is 0 Å². The van der Waals surface area contributed by atoms with Crippen molar-refractivity contribution in [3.8, 4) is 0 Å². The van der Waals surface area contributed by atoms with Crippen LogP contribution in [0.3, 0.4) is 0 Å². The van der Waals surface area contributed by atoms with E-state index in [0.29, 0.717) is 11.3 Å². The standard InChI is InChI=1S/C13H9F3N2O3/c14-13(15,16)7-3-1-6(2-4-7)10-9-8(5-21-11(9)19)17-12(20)18-10/h1-4,10H,5H2,(H2,17,18,20)/t10-/m0/s1. The lowest BCUT2D eigenvalue weighted by Crippen LogP contribution is -2.44. The van der Waals surface area contributed by atoms with E-state index in [0.717, 1.165) is 12.1 Å². The average Bonchev–Trinajstić information content (AvgIpc) is 2.78. The number of halogens is 3. The molecule has 1 aromatic carbocycles. The van der Waals surface area contributed by atoms with Crippen molar-refractivity contribution in [1.29, 1.82) is 0 Å². The Kier molecular flexibility index (Phi) is 2.89. The van der Waals surface area contributed by atoms with Crippen LogP contribution in [0.1, 0.15) is 17.2 Å². The number of carbonyl (C=O) groups is 2. The first kappa shape index (κ1) is 13.5. The Hall–Kier alpha value is -2.51. The van der Waals surface area contributed by atoms with Crippen LogP contribution in [0.25, 0.3) is 0 Å². The number of nitrogens with one attached hydrogen (secondary N) is 2. The highest BCUT2D eigenvalue weighted by Gasteiger charge is 2.38. The Morgan fingerprint density at radius 2 is 1.81 bits per heavy atom. The van der Waals surface area contributed by atoms with Crippen molar-refractivity contribution in [2.24, 2.45) is 0 Å². The third-order valence-corrected chi connectivity index (χ3v) is 3.29. The molecule has 0 saturated heterocycles. The van der Waals surface area contributed by atoms with Crippen molar-refractivity contribution in [3.63, 3.8) is 0 Å². The van der Waals surface area contributed by atoms with E-state index in [1.165, 1.54) is 12.1 Å². The molecular formula is C13H9F3N2O3. The van der Waals surface area contributed by atoms with Gasteiger partial charge in [-0.15, -0.1) is 0 Å². The number of ether oxygens (including phenoxy) is 1. The molecule has 5 nitrogen and oxygen atoms in total. The average molecular weight is 298 g/mol. The first-order valence-corrected chi connectivity index (χ1v) is 6.01. The Morgan fingerprint density at radius 3 is 2.43 bits per heavy atom. The van der Waals surface area contributed by atoms with Crippen molar-refractivity contribution in [3.05, 3.63) is 46.7 Å². The normalized spacial score (nSPS) is 21.6. The fourth-order valence-electron chi connectivity index (χ4n) is 2.30. The van der Waals surface area contributed by atoms with Crippen LogP contribution in [0.2, 0.25) is 0 Å². The molecule has 0 saturated carbocycles. The zero-order chi connectivity index (χ0) is 15.2. The molecule has 110 valence electrons. The highest BCUT2D eigenvalue weighted by Crippen LogP contribution is 2.34. The summed E-state index contributed by atoms with van der Waals surface area (Å²) in [5.41, 5.74) is 0.141. The van der Waals surface area contributed by atoms with E-state index in [4.69, 9.17) is 4.74 Å². The van der Waals surface area contributed by atoms with Crippen molar-refractivity contribution < 1.29 is 27.5 Å². The number of hydrogen-bond acceptors (Lipinski definition) is 3. The van der Waals surface area contributed by atoms with Gasteiger partial charge in [0.25, 0.3) is 0 Å². The quantitative estimate of drug-likeness (QED) is 0.778. The van der Waals surface area contributed by atoms with Gasteiger partial charge in [-0.1, -0.05) is 12.1 Å². The van der Waals surface area contributed by atoms with Crippen LogP contribution in [0.4, 0.5) is 18.0 Å². The molecular weight excluding hydrogens is 289 g/mol. The minimum Gasteiger partial charge on any atom is -0.456 e. The maximum atomic E-state index is 12.5. The fraction of sp³-hybridized carbons (Fsp3) is 0.231. The van der Waals surface area contributed by atoms with Gasteiger partial charge < -0.3 is 15.4 Å². The van der Waals surface area contributed by atoms with Crippen LogP contribution >= 0.6 is 0 Å². The molecule has 1 aromatic rings. The topological polar surface area (TPSA) is 67.4 Å². The molecule has 1 atom stereocenters. The number of esters is 1. The van der Waals surface area contributed by atoms with Crippen molar-refractivity contribution >= 4 is 12.0 Å². The number of alkyl halides is 3. The maximum Gasteiger partial charge on any atom is 0.416 e. The van der Waals surface area contributed by atoms with Crippen LogP contribution in [0, 0.1) is 0 Å². The molecule has 0 fully saturated rings. The summed E-state index contributed by atoms with van der Waals surface area (Å²) in [5, 5.41) is 4.95. The third-order valence-electron chi connectivity index (χ3n) is 3.29. The summed E-state index contributed by atoms with van der Waals surface area (Å²) in [6.45, 7) is -0.0429. The van der Waals surface area contributed by atoms with Gasteiger partial charge in [0.1, 0.15) is 6.61 Å². The van der Waals surface area contributed by atoms with E-state index in [1.54, 1.807) is 0 Å². The zero-order valence-corrected chi connectivity index (χ0v) is 10.5. The van der Waals surface area contributed by atoms with Crippen molar-refractivity contribution in [1.82, 2.24) is 10.6 Å². The Balaban J connectivity index is 1.97. The first-order chi connectivity index (χ1) is 9.86. The molecule has 21 heavy (non-hydrogen) atoms. The summed E-state index contributed by atoms with van der Waals surface area (Å²) in [6.07, 6.45) is -4.44. The summed E-state index contributed by atoms with van der Waals surface area (Å²) < 4.78 is 42.4. The van der Waals surface area contributed by atoms with E-state index in [2.05, 4.69) is 10.6 Å². The number of cyclic esters (lactones) is 1. The highest BCUT2D eigenvalue weighted by atomic mass is 19.4. The molecule has 0 aliphatic carbocycles.